The van der Waals surface area contributed by atoms with E-state index in [0.29, 0.717) is 11.8 Å². The van der Waals surface area contributed by atoms with Crippen molar-refractivity contribution in [3.63, 3.8) is 0 Å². The predicted octanol–water partition coefficient (Wildman–Crippen LogP) is 0.269. The topological polar surface area (TPSA) is 32.3 Å². The van der Waals surface area contributed by atoms with Crippen molar-refractivity contribution in [1.29, 1.82) is 0 Å². The van der Waals surface area contributed by atoms with E-state index >= 15 is 0 Å². The van der Waals surface area contributed by atoms with Gasteiger partial charge in [-0.15, -0.1) is 0 Å². The number of carbonyl (C=O) groups excluding carboxylic acids is 1. The number of nitrogens with zero attached hydrogens (tertiary/aromatic N) is 1. The molecule has 2 fully saturated rings. The summed E-state index contributed by atoms with van der Waals surface area (Å²) in [5.41, 5.74) is 0. The van der Waals surface area contributed by atoms with Crippen LogP contribution in [0.25, 0.3) is 0 Å². The molecule has 13 heavy (non-hydrogen) atoms. The lowest BCUT2D eigenvalue weighted by Gasteiger charge is -2.15. The summed E-state index contributed by atoms with van der Waals surface area (Å²) < 4.78 is 0. The van der Waals surface area contributed by atoms with Gasteiger partial charge in [0.05, 0.1) is 5.75 Å². The smallest absolute Gasteiger partial charge is 0.229 e. The minimum absolute atomic E-state index is 0.0611. The summed E-state index contributed by atoms with van der Waals surface area (Å²) in [5.74, 6) is 0.367. The maximum Gasteiger partial charge on any atom is 0.229 e. The van der Waals surface area contributed by atoms with Gasteiger partial charge in [0.25, 0.3) is 0 Å². The Morgan fingerprint density at radius 3 is 2.85 bits per heavy atom. The highest BCUT2D eigenvalue weighted by Gasteiger charge is 2.34. The van der Waals surface area contributed by atoms with Crippen molar-refractivity contribution in [2.24, 2.45) is 0 Å². The van der Waals surface area contributed by atoms with Crippen LogP contribution in [0, 0.1) is 0 Å². The van der Waals surface area contributed by atoms with Crippen LogP contribution in [0.4, 0.5) is 0 Å². The average molecular weight is 200 g/mol. The summed E-state index contributed by atoms with van der Waals surface area (Å²) >= 11 is 3.94. The number of thiol groups is 1. The van der Waals surface area contributed by atoms with Crippen molar-refractivity contribution in [3.8, 4) is 0 Å². The SMILES string of the molecule is O=C(CS)NC1CCN(C2CC2)C1. The van der Waals surface area contributed by atoms with Gasteiger partial charge >= 0.3 is 0 Å². The first kappa shape index (κ1) is 9.34. The Labute approximate surface area is 84.3 Å². The standard InChI is InChI=1S/C9H16N2OS/c12-9(6-13)10-7-3-4-11(5-7)8-1-2-8/h7-8,13H,1-6H2,(H,10,12). The number of carbonyl (C=O) groups is 1. The number of hydrogen-bond acceptors (Lipinski definition) is 3. The van der Waals surface area contributed by atoms with Gasteiger partial charge in [-0.25, -0.2) is 0 Å². The predicted molar refractivity (Wildman–Crippen MR) is 55.0 cm³/mol. The van der Waals surface area contributed by atoms with Gasteiger partial charge in [0.1, 0.15) is 0 Å². The van der Waals surface area contributed by atoms with Crippen molar-refractivity contribution in [3.05, 3.63) is 0 Å². The summed E-state index contributed by atoms with van der Waals surface area (Å²) in [7, 11) is 0. The molecule has 1 unspecified atom stereocenters. The molecular formula is C9H16N2OS. The van der Waals surface area contributed by atoms with E-state index < -0.39 is 0 Å². The zero-order valence-electron chi connectivity index (χ0n) is 7.70. The lowest BCUT2D eigenvalue weighted by molar-refractivity contribution is -0.119. The lowest BCUT2D eigenvalue weighted by atomic mass is 10.2. The van der Waals surface area contributed by atoms with Crippen molar-refractivity contribution in [2.75, 3.05) is 18.8 Å². The maximum atomic E-state index is 11.1. The van der Waals surface area contributed by atoms with Gasteiger partial charge in [0.2, 0.25) is 5.91 Å². The van der Waals surface area contributed by atoms with Gasteiger partial charge < -0.3 is 5.32 Å². The molecule has 1 aliphatic carbocycles. The molecule has 0 bridgehead atoms. The third-order valence-corrected chi connectivity index (χ3v) is 3.08. The minimum atomic E-state index is 0.0611. The maximum absolute atomic E-state index is 11.1. The Bertz CT molecular complexity index is 206. The Morgan fingerprint density at radius 1 is 1.46 bits per heavy atom. The molecule has 0 aromatic carbocycles. The highest BCUT2D eigenvalue weighted by Crippen LogP contribution is 2.29. The third kappa shape index (κ3) is 2.38. The van der Waals surface area contributed by atoms with Gasteiger partial charge in [-0.3, -0.25) is 9.69 Å². The third-order valence-electron chi connectivity index (χ3n) is 2.79. The van der Waals surface area contributed by atoms with Gasteiger partial charge in [-0.2, -0.15) is 12.6 Å². The summed E-state index contributed by atoms with van der Waals surface area (Å²) in [6.45, 7) is 2.20. The summed E-state index contributed by atoms with van der Waals surface area (Å²) in [6, 6.07) is 1.21. The second-order valence-corrected chi connectivity index (χ2v) is 4.25. The molecule has 0 aromatic heterocycles. The van der Waals surface area contributed by atoms with E-state index in [4.69, 9.17) is 0 Å². The molecule has 0 radical (unpaired) electrons. The number of hydrogen-bond donors (Lipinski definition) is 2. The van der Waals surface area contributed by atoms with Crippen LogP contribution in [-0.2, 0) is 4.79 Å². The van der Waals surface area contributed by atoms with Crippen LogP contribution in [0.1, 0.15) is 19.3 Å². The number of likely N-dealkylation sites (tertiary alicyclic amines) is 1. The number of amides is 1. The van der Waals surface area contributed by atoms with E-state index in [9.17, 15) is 4.79 Å². The molecule has 4 heteroatoms. The van der Waals surface area contributed by atoms with Crippen molar-refractivity contribution < 1.29 is 4.79 Å². The normalized spacial score (nSPS) is 29.2. The van der Waals surface area contributed by atoms with E-state index in [1.807, 2.05) is 0 Å². The van der Waals surface area contributed by atoms with Crippen molar-refractivity contribution in [2.45, 2.75) is 31.3 Å². The first-order valence-electron chi connectivity index (χ1n) is 4.94. The summed E-state index contributed by atoms with van der Waals surface area (Å²) in [4.78, 5) is 13.5. The van der Waals surface area contributed by atoms with Crippen LogP contribution in [-0.4, -0.2) is 41.7 Å². The molecule has 74 valence electrons. The molecule has 0 spiro atoms. The summed E-state index contributed by atoms with van der Waals surface area (Å²) in [5, 5.41) is 2.98. The molecule has 1 saturated carbocycles. The number of nitrogens with one attached hydrogen (secondary N) is 1. The molecule has 2 rings (SSSR count). The highest BCUT2D eigenvalue weighted by molar-refractivity contribution is 7.81. The monoisotopic (exact) mass is 200 g/mol. The Kier molecular flexibility index (Phi) is 2.79. The molecule has 1 N–H and O–H groups in total. The zero-order chi connectivity index (χ0) is 9.26. The zero-order valence-corrected chi connectivity index (χ0v) is 8.59. The first-order valence-corrected chi connectivity index (χ1v) is 5.57. The molecule has 1 amide bonds. The molecule has 1 aliphatic heterocycles. The second kappa shape index (κ2) is 3.88. The average Bonchev–Trinajstić information content (AvgIpc) is 2.88. The second-order valence-electron chi connectivity index (χ2n) is 3.94. The van der Waals surface area contributed by atoms with Crippen LogP contribution in [0.5, 0.6) is 0 Å². The Hall–Kier alpha value is -0.220. The van der Waals surface area contributed by atoms with Crippen LogP contribution in [0.2, 0.25) is 0 Å². The molecule has 3 nitrogen and oxygen atoms in total. The van der Waals surface area contributed by atoms with E-state index in [1.54, 1.807) is 0 Å². The van der Waals surface area contributed by atoms with Gasteiger partial charge in [-0.1, -0.05) is 0 Å². The Balaban J connectivity index is 1.74. The van der Waals surface area contributed by atoms with Crippen molar-refractivity contribution in [1.82, 2.24) is 10.2 Å². The highest BCUT2D eigenvalue weighted by atomic mass is 32.1. The quantitative estimate of drug-likeness (QED) is 0.641. The van der Waals surface area contributed by atoms with E-state index in [1.165, 1.54) is 12.8 Å². The van der Waals surface area contributed by atoms with E-state index in [2.05, 4.69) is 22.8 Å². The van der Waals surface area contributed by atoms with Gasteiger partial charge in [0, 0.05) is 25.2 Å². The fraction of sp³-hybridized carbons (Fsp3) is 0.889. The summed E-state index contributed by atoms with van der Waals surface area (Å²) in [6.07, 6.45) is 3.82. The molecule has 1 atom stereocenters. The van der Waals surface area contributed by atoms with Crippen LogP contribution < -0.4 is 5.32 Å². The Morgan fingerprint density at radius 2 is 2.23 bits per heavy atom. The molecular weight excluding hydrogens is 184 g/mol. The lowest BCUT2D eigenvalue weighted by Crippen LogP contribution is -2.38. The molecule has 0 aromatic rings. The van der Waals surface area contributed by atoms with Crippen LogP contribution in [0.3, 0.4) is 0 Å². The number of rotatable bonds is 3. The molecule has 1 heterocycles. The first-order chi connectivity index (χ1) is 6.29. The van der Waals surface area contributed by atoms with Crippen LogP contribution >= 0.6 is 12.6 Å². The molecule has 2 aliphatic rings. The van der Waals surface area contributed by atoms with E-state index in [-0.39, 0.29) is 5.91 Å². The van der Waals surface area contributed by atoms with E-state index in [0.717, 1.165) is 25.6 Å². The fourth-order valence-corrected chi connectivity index (χ4v) is 2.04. The molecule has 1 saturated heterocycles. The largest absolute Gasteiger partial charge is 0.351 e. The fourth-order valence-electron chi connectivity index (χ4n) is 1.95. The van der Waals surface area contributed by atoms with Gasteiger partial charge in [0.15, 0.2) is 0 Å². The van der Waals surface area contributed by atoms with Crippen molar-refractivity contribution >= 4 is 18.5 Å². The van der Waals surface area contributed by atoms with Crippen LogP contribution in [0.15, 0.2) is 0 Å². The van der Waals surface area contributed by atoms with Gasteiger partial charge in [-0.05, 0) is 19.3 Å². The minimum Gasteiger partial charge on any atom is -0.351 e.